The van der Waals surface area contributed by atoms with E-state index in [9.17, 15) is 9.90 Å². The Morgan fingerprint density at radius 1 is 1.41 bits per heavy atom. The average molecular weight is 325 g/mol. The first kappa shape index (κ1) is 15.4. The zero-order valence-electron chi connectivity index (χ0n) is 12.4. The quantitative estimate of drug-likeness (QED) is 0.894. The van der Waals surface area contributed by atoms with Crippen LogP contribution in [0.4, 0.5) is 10.5 Å². The Labute approximate surface area is 135 Å². The van der Waals surface area contributed by atoms with Gasteiger partial charge in [0.2, 0.25) is 0 Å². The van der Waals surface area contributed by atoms with E-state index in [0.717, 1.165) is 0 Å². The number of halogens is 1. The summed E-state index contributed by atoms with van der Waals surface area (Å²) < 4.78 is 5.84. The molecule has 1 saturated carbocycles. The van der Waals surface area contributed by atoms with Gasteiger partial charge in [-0.2, -0.15) is 0 Å². The minimum absolute atomic E-state index is 0.229. The van der Waals surface area contributed by atoms with Gasteiger partial charge in [0.15, 0.2) is 0 Å². The first-order valence-electron chi connectivity index (χ1n) is 7.78. The minimum atomic E-state index is -0.431. The normalized spacial score (nSPS) is 21.5. The highest BCUT2D eigenvalue weighted by molar-refractivity contribution is 6.31. The topological polar surface area (TPSA) is 61.8 Å². The van der Waals surface area contributed by atoms with Crippen molar-refractivity contribution >= 4 is 23.3 Å². The molecule has 0 spiro atoms. The second-order valence-corrected chi connectivity index (χ2v) is 6.50. The summed E-state index contributed by atoms with van der Waals surface area (Å²) >= 11 is 6.02. The summed E-state index contributed by atoms with van der Waals surface area (Å²) in [6.07, 6.45) is 3.88. The molecule has 0 aromatic heterocycles. The van der Waals surface area contributed by atoms with Crippen LogP contribution in [-0.2, 0) is 0 Å². The van der Waals surface area contributed by atoms with E-state index < -0.39 is 6.10 Å². The van der Waals surface area contributed by atoms with Gasteiger partial charge in [-0.1, -0.05) is 18.0 Å². The Morgan fingerprint density at radius 2 is 2.23 bits per heavy atom. The second-order valence-electron chi connectivity index (χ2n) is 6.07. The van der Waals surface area contributed by atoms with Crippen LogP contribution in [0.5, 0.6) is 5.75 Å². The van der Waals surface area contributed by atoms with Crippen LogP contribution >= 0.6 is 11.6 Å². The Balaban J connectivity index is 1.65. The van der Waals surface area contributed by atoms with Crippen molar-refractivity contribution in [2.45, 2.75) is 31.8 Å². The van der Waals surface area contributed by atoms with Crippen molar-refractivity contribution in [3.05, 3.63) is 23.2 Å². The van der Waals surface area contributed by atoms with Gasteiger partial charge >= 0.3 is 6.03 Å². The zero-order chi connectivity index (χ0) is 15.5. The minimum Gasteiger partial charge on any atom is -0.491 e. The fraction of sp³-hybridized carbons (Fsp3) is 0.562. The largest absolute Gasteiger partial charge is 0.491 e. The van der Waals surface area contributed by atoms with Crippen molar-refractivity contribution in [3.63, 3.8) is 0 Å². The smallest absolute Gasteiger partial charge is 0.322 e. The summed E-state index contributed by atoms with van der Waals surface area (Å²) in [7, 11) is 0. The molecule has 1 aromatic carbocycles. The number of hydrogen-bond acceptors (Lipinski definition) is 3. The number of β-amino-alcohol motifs (C(OH)–C–C–N with tert-alkyl or cyclic N) is 1. The van der Waals surface area contributed by atoms with Gasteiger partial charge in [0.05, 0.1) is 18.4 Å². The van der Waals surface area contributed by atoms with Gasteiger partial charge in [0, 0.05) is 18.1 Å². The van der Waals surface area contributed by atoms with E-state index in [1.54, 1.807) is 23.1 Å². The highest BCUT2D eigenvalue weighted by Crippen LogP contribution is 2.32. The first-order valence-corrected chi connectivity index (χ1v) is 8.16. The molecule has 0 unspecified atom stereocenters. The molecule has 120 valence electrons. The van der Waals surface area contributed by atoms with Crippen LogP contribution in [-0.4, -0.2) is 41.8 Å². The standard InChI is InChI=1S/C16H21ClN2O3/c17-12-4-5-15(22-10-11-2-1-3-11)14(8-12)18-16(21)19-7-6-13(20)9-19/h4-5,8,11,13,20H,1-3,6-7,9-10H2,(H,18,21)/t13-/m1/s1. The number of nitrogens with one attached hydrogen (secondary N) is 1. The van der Waals surface area contributed by atoms with Crippen LogP contribution in [0.1, 0.15) is 25.7 Å². The van der Waals surface area contributed by atoms with Crippen LogP contribution in [0.2, 0.25) is 5.02 Å². The molecule has 2 aliphatic rings. The number of carbonyl (C=O) groups excluding carboxylic acids is 1. The molecule has 6 heteroatoms. The maximum Gasteiger partial charge on any atom is 0.322 e. The SMILES string of the molecule is O=C(Nc1cc(Cl)ccc1OCC1CCC1)N1CC[C@@H](O)C1. The zero-order valence-corrected chi connectivity index (χ0v) is 13.2. The van der Waals surface area contributed by atoms with Crippen LogP contribution < -0.4 is 10.1 Å². The lowest BCUT2D eigenvalue weighted by Crippen LogP contribution is -2.33. The molecule has 2 amide bonds. The molecular formula is C16H21ClN2O3. The van der Waals surface area contributed by atoms with Gasteiger partial charge in [-0.25, -0.2) is 4.79 Å². The Hall–Kier alpha value is -1.46. The fourth-order valence-corrected chi connectivity index (χ4v) is 2.89. The van der Waals surface area contributed by atoms with Crippen LogP contribution in [0.3, 0.4) is 0 Å². The number of aliphatic hydroxyl groups excluding tert-OH is 1. The molecule has 3 rings (SSSR count). The molecule has 1 aliphatic heterocycles. The number of urea groups is 1. The van der Waals surface area contributed by atoms with Gasteiger partial charge in [-0.05, 0) is 43.4 Å². The highest BCUT2D eigenvalue weighted by atomic mass is 35.5. The van der Waals surface area contributed by atoms with E-state index in [2.05, 4.69) is 5.32 Å². The van der Waals surface area contributed by atoms with Gasteiger partial charge in [-0.15, -0.1) is 0 Å². The van der Waals surface area contributed by atoms with Crippen LogP contribution in [0, 0.1) is 5.92 Å². The Morgan fingerprint density at radius 3 is 2.86 bits per heavy atom. The molecule has 0 bridgehead atoms. The Bertz CT molecular complexity index is 548. The Kier molecular flexibility index (Phi) is 4.74. The third kappa shape index (κ3) is 3.65. The van der Waals surface area contributed by atoms with E-state index in [1.165, 1.54) is 19.3 Å². The number of ether oxygens (including phenoxy) is 1. The van der Waals surface area contributed by atoms with Crippen LogP contribution in [0.15, 0.2) is 18.2 Å². The lowest BCUT2D eigenvalue weighted by Gasteiger charge is -2.26. The van der Waals surface area contributed by atoms with Crippen molar-refractivity contribution in [1.29, 1.82) is 0 Å². The third-order valence-corrected chi connectivity index (χ3v) is 4.57. The molecule has 2 fully saturated rings. The summed E-state index contributed by atoms with van der Waals surface area (Å²) in [5, 5.41) is 12.9. The molecule has 1 aliphatic carbocycles. The van der Waals surface area contributed by atoms with Gasteiger partial charge in [-0.3, -0.25) is 0 Å². The van der Waals surface area contributed by atoms with Crippen LogP contribution in [0.25, 0.3) is 0 Å². The predicted molar refractivity (Wildman–Crippen MR) is 85.5 cm³/mol. The average Bonchev–Trinajstić information content (AvgIpc) is 2.86. The number of likely N-dealkylation sites (tertiary alicyclic amines) is 1. The summed E-state index contributed by atoms with van der Waals surface area (Å²) in [6.45, 7) is 1.60. The van der Waals surface area contributed by atoms with Gasteiger partial charge in [0.25, 0.3) is 0 Å². The van der Waals surface area contributed by atoms with Crippen molar-refractivity contribution in [1.82, 2.24) is 4.90 Å². The summed E-state index contributed by atoms with van der Waals surface area (Å²) in [4.78, 5) is 13.8. The van der Waals surface area contributed by atoms with Crippen molar-refractivity contribution < 1.29 is 14.6 Å². The molecule has 2 N–H and O–H groups in total. The highest BCUT2D eigenvalue weighted by Gasteiger charge is 2.25. The summed E-state index contributed by atoms with van der Waals surface area (Å²) in [5.41, 5.74) is 0.582. The maximum absolute atomic E-state index is 12.2. The first-order chi connectivity index (χ1) is 10.6. The molecule has 22 heavy (non-hydrogen) atoms. The number of amides is 2. The molecule has 1 atom stereocenters. The molecule has 1 heterocycles. The number of benzene rings is 1. The van der Waals surface area contributed by atoms with E-state index >= 15 is 0 Å². The van der Waals surface area contributed by atoms with Crippen molar-refractivity contribution in [2.75, 3.05) is 25.0 Å². The van der Waals surface area contributed by atoms with Crippen molar-refractivity contribution in [2.24, 2.45) is 5.92 Å². The third-order valence-electron chi connectivity index (χ3n) is 4.33. The van der Waals surface area contributed by atoms with Gasteiger partial charge in [0.1, 0.15) is 5.75 Å². The van der Waals surface area contributed by atoms with Gasteiger partial charge < -0.3 is 20.1 Å². The maximum atomic E-state index is 12.2. The lowest BCUT2D eigenvalue weighted by molar-refractivity contribution is 0.176. The monoisotopic (exact) mass is 324 g/mol. The lowest BCUT2D eigenvalue weighted by atomic mass is 9.86. The molecule has 0 radical (unpaired) electrons. The number of nitrogens with zero attached hydrogens (tertiary/aromatic N) is 1. The number of anilines is 1. The van der Waals surface area contributed by atoms with Crippen molar-refractivity contribution in [3.8, 4) is 5.75 Å². The second kappa shape index (κ2) is 6.75. The molecule has 1 saturated heterocycles. The fourth-order valence-electron chi connectivity index (χ4n) is 2.71. The predicted octanol–water partition coefficient (Wildman–Crippen LogP) is 3.12. The van der Waals surface area contributed by atoms with E-state index in [-0.39, 0.29) is 6.03 Å². The number of hydrogen-bond donors (Lipinski definition) is 2. The number of aliphatic hydroxyl groups is 1. The molecular weight excluding hydrogens is 304 g/mol. The van der Waals surface area contributed by atoms with E-state index in [1.807, 2.05) is 0 Å². The van der Waals surface area contributed by atoms with E-state index in [0.29, 0.717) is 48.5 Å². The summed E-state index contributed by atoms with van der Waals surface area (Å²) in [6, 6.07) is 5.01. The number of carbonyl (C=O) groups is 1. The van der Waals surface area contributed by atoms with E-state index in [4.69, 9.17) is 16.3 Å². The summed E-state index contributed by atoms with van der Waals surface area (Å²) in [5.74, 6) is 1.26. The molecule has 1 aromatic rings. The number of rotatable bonds is 4. The molecule has 5 nitrogen and oxygen atoms in total.